The molecule has 1 atom stereocenters. The topological polar surface area (TPSA) is 30.5 Å². The molecule has 1 unspecified atom stereocenters. The van der Waals surface area contributed by atoms with E-state index in [4.69, 9.17) is 9.47 Å². The number of hydrogen-bond acceptors (Lipinski definition) is 3. The van der Waals surface area contributed by atoms with Gasteiger partial charge in [-0.3, -0.25) is 0 Å². The highest BCUT2D eigenvalue weighted by Crippen LogP contribution is 2.39. The smallest absolute Gasteiger partial charge is 0.0881 e. The minimum atomic E-state index is 0.00736. The summed E-state index contributed by atoms with van der Waals surface area (Å²) in [4.78, 5) is 0. The molecule has 2 rings (SSSR count). The Bertz CT molecular complexity index is 275. The van der Waals surface area contributed by atoms with Crippen LogP contribution in [0.2, 0.25) is 0 Å². The van der Waals surface area contributed by atoms with Crippen molar-refractivity contribution in [2.45, 2.75) is 77.4 Å². The Morgan fingerprint density at radius 1 is 1.14 bits per heavy atom. The van der Waals surface area contributed by atoms with E-state index in [2.05, 4.69) is 26.1 Å². The molecule has 0 aromatic rings. The lowest BCUT2D eigenvalue weighted by Gasteiger charge is -2.48. The number of rotatable bonds is 7. The van der Waals surface area contributed by atoms with Crippen molar-refractivity contribution in [3.8, 4) is 0 Å². The molecule has 3 heteroatoms. The van der Waals surface area contributed by atoms with Crippen LogP contribution in [0.15, 0.2) is 0 Å². The van der Waals surface area contributed by atoms with Gasteiger partial charge in [0.05, 0.1) is 5.60 Å². The molecule has 2 fully saturated rings. The Hall–Kier alpha value is -0.120. The maximum absolute atomic E-state index is 6.37. The standard InChI is InChI=1S/C18H35NO2/c1-4-12-19-17(16-8-6-15(3)7-9-16)18(21-5-2)10-13-20-14-11-18/h15-17,19H,4-14H2,1-3H3. The molecule has 0 bridgehead atoms. The number of ether oxygens (including phenoxy) is 2. The average molecular weight is 297 g/mol. The molecule has 0 amide bonds. The quantitative estimate of drug-likeness (QED) is 0.776. The molecular formula is C18H35NO2. The van der Waals surface area contributed by atoms with E-state index < -0.39 is 0 Å². The van der Waals surface area contributed by atoms with Crippen LogP contribution in [0.5, 0.6) is 0 Å². The lowest BCUT2D eigenvalue weighted by molar-refractivity contribution is -0.139. The van der Waals surface area contributed by atoms with Crippen molar-refractivity contribution in [2.75, 3.05) is 26.4 Å². The van der Waals surface area contributed by atoms with Crippen LogP contribution >= 0.6 is 0 Å². The summed E-state index contributed by atoms with van der Waals surface area (Å²) in [6.07, 6.45) is 8.78. The van der Waals surface area contributed by atoms with Crippen molar-refractivity contribution in [3.05, 3.63) is 0 Å². The van der Waals surface area contributed by atoms with Gasteiger partial charge in [0.15, 0.2) is 0 Å². The molecule has 1 N–H and O–H groups in total. The number of hydrogen-bond donors (Lipinski definition) is 1. The Morgan fingerprint density at radius 3 is 2.38 bits per heavy atom. The predicted molar refractivity (Wildman–Crippen MR) is 87.6 cm³/mol. The van der Waals surface area contributed by atoms with Gasteiger partial charge < -0.3 is 14.8 Å². The van der Waals surface area contributed by atoms with Crippen molar-refractivity contribution < 1.29 is 9.47 Å². The van der Waals surface area contributed by atoms with Crippen LogP contribution in [-0.4, -0.2) is 38.0 Å². The summed E-state index contributed by atoms with van der Waals surface area (Å²) < 4.78 is 12.0. The molecule has 3 nitrogen and oxygen atoms in total. The molecule has 2 aliphatic rings. The Kier molecular flexibility index (Phi) is 6.97. The van der Waals surface area contributed by atoms with Gasteiger partial charge in [-0.15, -0.1) is 0 Å². The van der Waals surface area contributed by atoms with Crippen molar-refractivity contribution in [3.63, 3.8) is 0 Å². The van der Waals surface area contributed by atoms with E-state index in [9.17, 15) is 0 Å². The maximum atomic E-state index is 6.37. The zero-order valence-corrected chi connectivity index (χ0v) is 14.3. The molecule has 1 saturated heterocycles. The van der Waals surface area contributed by atoms with Crippen molar-refractivity contribution in [1.82, 2.24) is 5.32 Å². The Balaban J connectivity index is 2.11. The van der Waals surface area contributed by atoms with Gasteiger partial charge in [-0.05, 0) is 44.6 Å². The highest BCUT2D eigenvalue weighted by Gasteiger charge is 2.45. The summed E-state index contributed by atoms with van der Waals surface area (Å²) in [6.45, 7) is 10.4. The van der Waals surface area contributed by atoms with Crippen LogP contribution < -0.4 is 5.32 Å². The van der Waals surface area contributed by atoms with E-state index in [1.165, 1.54) is 32.1 Å². The first-order chi connectivity index (χ1) is 10.2. The summed E-state index contributed by atoms with van der Waals surface area (Å²) >= 11 is 0. The molecule has 0 aromatic carbocycles. The fraction of sp³-hybridized carbons (Fsp3) is 1.00. The highest BCUT2D eigenvalue weighted by molar-refractivity contribution is 4.99. The third-order valence-electron chi connectivity index (χ3n) is 5.48. The third-order valence-corrected chi connectivity index (χ3v) is 5.48. The molecule has 124 valence electrons. The minimum Gasteiger partial charge on any atom is -0.381 e. The molecule has 21 heavy (non-hydrogen) atoms. The fourth-order valence-corrected chi connectivity index (χ4v) is 4.25. The predicted octanol–water partition coefficient (Wildman–Crippen LogP) is 3.77. The third kappa shape index (κ3) is 4.43. The monoisotopic (exact) mass is 297 g/mol. The second-order valence-electron chi connectivity index (χ2n) is 7.06. The first-order valence-corrected chi connectivity index (χ1v) is 9.17. The van der Waals surface area contributed by atoms with Gasteiger partial charge in [-0.25, -0.2) is 0 Å². The molecular weight excluding hydrogens is 262 g/mol. The van der Waals surface area contributed by atoms with Gasteiger partial charge in [-0.1, -0.05) is 26.7 Å². The molecule has 0 spiro atoms. The van der Waals surface area contributed by atoms with Gasteiger partial charge in [0.25, 0.3) is 0 Å². The second-order valence-corrected chi connectivity index (χ2v) is 7.06. The van der Waals surface area contributed by atoms with E-state index in [1.54, 1.807) is 0 Å². The van der Waals surface area contributed by atoms with Crippen LogP contribution in [0.3, 0.4) is 0 Å². The lowest BCUT2D eigenvalue weighted by atomic mass is 9.71. The minimum absolute atomic E-state index is 0.00736. The number of nitrogens with one attached hydrogen (secondary N) is 1. The maximum Gasteiger partial charge on any atom is 0.0881 e. The molecule has 1 aliphatic heterocycles. The van der Waals surface area contributed by atoms with Gasteiger partial charge >= 0.3 is 0 Å². The summed E-state index contributed by atoms with van der Waals surface area (Å²) in [7, 11) is 0. The Labute approximate surface area is 131 Å². The van der Waals surface area contributed by atoms with E-state index >= 15 is 0 Å². The first kappa shape index (κ1) is 17.2. The van der Waals surface area contributed by atoms with Gasteiger partial charge in [0, 0.05) is 38.7 Å². The molecule has 1 heterocycles. The van der Waals surface area contributed by atoms with Crippen molar-refractivity contribution in [1.29, 1.82) is 0 Å². The van der Waals surface area contributed by atoms with E-state index in [1.807, 2.05) is 0 Å². The Morgan fingerprint density at radius 2 is 1.81 bits per heavy atom. The van der Waals surface area contributed by atoms with Crippen LogP contribution in [0, 0.1) is 11.8 Å². The van der Waals surface area contributed by atoms with Crippen LogP contribution in [-0.2, 0) is 9.47 Å². The largest absolute Gasteiger partial charge is 0.381 e. The zero-order valence-electron chi connectivity index (χ0n) is 14.3. The van der Waals surface area contributed by atoms with Crippen LogP contribution in [0.4, 0.5) is 0 Å². The average Bonchev–Trinajstić information content (AvgIpc) is 2.50. The summed E-state index contributed by atoms with van der Waals surface area (Å²) in [6, 6.07) is 0.508. The fourth-order valence-electron chi connectivity index (χ4n) is 4.25. The van der Waals surface area contributed by atoms with Crippen molar-refractivity contribution in [2.24, 2.45) is 11.8 Å². The van der Waals surface area contributed by atoms with Crippen LogP contribution in [0.1, 0.15) is 65.7 Å². The van der Waals surface area contributed by atoms with Crippen molar-refractivity contribution >= 4 is 0 Å². The SMILES string of the molecule is CCCNC(C1CCC(C)CC1)C1(OCC)CCOCC1. The van der Waals surface area contributed by atoms with E-state index in [0.717, 1.165) is 51.0 Å². The molecule has 0 radical (unpaired) electrons. The molecule has 1 saturated carbocycles. The normalized spacial score (nSPS) is 31.0. The van der Waals surface area contributed by atoms with Gasteiger partial charge in [0.1, 0.15) is 0 Å². The lowest BCUT2D eigenvalue weighted by Crippen LogP contribution is -2.59. The molecule has 0 aromatic heterocycles. The van der Waals surface area contributed by atoms with Gasteiger partial charge in [0.2, 0.25) is 0 Å². The molecule has 1 aliphatic carbocycles. The summed E-state index contributed by atoms with van der Waals surface area (Å²) in [5.74, 6) is 1.68. The van der Waals surface area contributed by atoms with Gasteiger partial charge in [-0.2, -0.15) is 0 Å². The van der Waals surface area contributed by atoms with E-state index in [0.29, 0.717) is 6.04 Å². The van der Waals surface area contributed by atoms with Crippen LogP contribution in [0.25, 0.3) is 0 Å². The summed E-state index contributed by atoms with van der Waals surface area (Å²) in [5, 5.41) is 3.87. The van der Waals surface area contributed by atoms with E-state index in [-0.39, 0.29) is 5.60 Å². The highest BCUT2D eigenvalue weighted by atomic mass is 16.5. The second kappa shape index (κ2) is 8.50. The zero-order chi connectivity index (χ0) is 15.1. The summed E-state index contributed by atoms with van der Waals surface area (Å²) in [5.41, 5.74) is 0.00736. The first-order valence-electron chi connectivity index (χ1n) is 9.17.